The third-order valence-corrected chi connectivity index (χ3v) is 3.67. The topological polar surface area (TPSA) is 94.8 Å². The minimum absolute atomic E-state index is 0.0151. The number of carbonyl (C=O) groups is 1. The van der Waals surface area contributed by atoms with Crippen molar-refractivity contribution >= 4 is 17.5 Å². The highest BCUT2D eigenvalue weighted by Gasteiger charge is 2.16. The number of pyridine rings is 1. The van der Waals surface area contributed by atoms with Crippen molar-refractivity contribution in [3.8, 4) is 11.6 Å². The number of aromatic nitrogens is 5. The van der Waals surface area contributed by atoms with Gasteiger partial charge in [0.25, 0.3) is 5.91 Å². The molecular weight excluding hydrogens is 356 g/mol. The van der Waals surface area contributed by atoms with Gasteiger partial charge in [-0.05, 0) is 48.5 Å². The molecule has 2 aromatic heterocycles. The largest absolute Gasteiger partial charge is 0.475 e. The Morgan fingerprint density at radius 1 is 1.35 bits per heavy atom. The summed E-state index contributed by atoms with van der Waals surface area (Å²) >= 11 is 6.05. The average Bonchev–Trinajstić information content (AvgIpc) is 3.14. The summed E-state index contributed by atoms with van der Waals surface area (Å²) in [6.07, 6.45) is 3.05. The zero-order valence-corrected chi connectivity index (χ0v) is 15.0. The smallest absolute Gasteiger partial charge is 0.253 e. The first kappa shape index (κ1) is 17.8. The standard InChI is InChI=1S/C17H17ClN6O2/c1-11(2)26-17-12(4-3-7-19-17)9-20-16(25)14-8-13(18)5-6-15(14)24-10-21-22-23-24/h3-8,10-11H,9H2,1-2H3,(H,20,25). The number of halogens is 1. The molecule has 0 saturated heterocycles. The van der Waals surface area contributed by atoms with Crippen molar-refractivity contribution in [2.75, 3.05) is 0 Å². The quantitative estimate of drug-likeness (QED) is 0.714. The lowest BCUT2D eigenvalue weighted by Gasteiger charge is -2.14. The first-order valence-electron chi connectivity index (χ1n) is 7.96. The number of hydrogen-bond donors (Lipinski definition) is 1. The van der Waals surface area contributed by atoms with Gasteiger partial charge in [0.05, 0.1) is 17.4 Å². The Morgan fingerprint density at radius 2 is 2.19 bits per heavy atom. The number of nitrogens with one attached hydrogen (secondary N) is 1. The lowest BCUT2D eigenvalue weighted by Crippen LogP contribution is -2.25. The fourth-order valence-electron chi connectivity index (χ4n) is 2.32. The van der Waals surface area contributed by atoms with Crippen molar-refractivity contribution in [2.45, 2.75) is 26.5 Å². The number of hydrogen-bond acceptors (Lipinski definition) is 6. The van der Waals surface area contributed by atoms with Gasteiger partial charge in [-0.1, -0.05) is 17.7 Å². The SMILES string of the molecule is CC(C)Oc1ncccc1CNC(=O)c1cc(Cl)ccc1-n1cnnn1. The molecule has 1 aromatic carbocycles. The maximum Gasteiger partial charge on any atom is 0.253 e. The number of amides is 1. The number of tetrazole rings is 1. The summed E-state index contributed by atoms with van der Waals surface area (Å²) in [4.78, 5) is 16.9. The van der Waals surface area contributed by atoms with Crippen molar-refractivity contribution in [1.82, 2.24) is 30.5 Å². The molecule has 0 fully saturated rings. The molecule has 26 heavy (non-hydrogen) atoms. The molecule has 0 aliphatic rings. The molecule has 0 radical (unpaired) electrons. The lowest BCUT2D eigenvalue weighted by atomic mass is 10.1. The molecule has 1 N–H and O–H groups in total. The number of nitrogens with zero attached hydrogens (tertiary/aromatic N) is 5. The maximum absolute atomic E-state index is 12.7. The van der Waals surface area contributed by atoms with E-state index in [2.05, 4.69) is 25.8 Å². The molecule has 9 heteroatoms. The van der Waals surface area contributed by atoms with Crippen LogP contribution in [0.5, 0.6) is 5.88 Å². The molecule has 1 amide bonds. The molecule has 0 atom stereocenters. The summed E-state index contributed by atoms with van der Waals surface area (Å²) in [6.45, 7) is 4.10. The zero-order valence-electron chi connectivity index (χ0n) is 14.3. The van der Waals surface area contributed by atoms with Crippen LogP contribution in [0.25, 0.3) is 5.69 Å². The summed E-state index contributed by atoms with van der Waals surface area (Å²) in [5, 5.41) is 14.3. The van der Waals surface area contributed by atoms with Gasteiger partial charge in [0.2, 0.25) is 5.88 Å². The van der Waals surface area contributed by atoms with Gasteiger partial charge >= 0.3 is 0 Å². The number of rotatable bonds is 6. The molecule has 8 nitrogen and oxygen atoms in total. The second-order valence-electron chi connectivity index (χ2n) is 5.73. The monoisotopic (exact) mass is 372 g/mol. The van der Waals surface area contributed by atoms with Crippen LogP contribution in [0, 0.1) is 0 Å². The van der Waals surface area contributed by atoms with E-state index in [4.69, 9.17) is 16.3 Å². The molecule has 0 bridgehead atoms. The van der Waals surface area contributed by atoms with E-state index in [1.807, 2.05) is 19.9 Å². The van der Waals surface area contributed by atoms with Crippen molar-refractivity contribution in [2.24, 2.45) is 0 Å². The van der Waals surface area contributed by atoms with Crippen molar-refractivity contribution < 1.29 is 9.53 Å². The van der Waals surface area contributed by atoms with Crippen LogP contribution < -0.4 is 10.1 Å². The van der Waals surface area contributed by atoms with E-state index in [-0.39, 0.29) is 18.6 Å². The molecule has 0 unspecified atom stereocenters. The van der Waals surface area contributed by atoms with Crippen LogP contribution in [0.4, 0.5) is 0 Å². The third kappa shape index (κ3) is 4.15. The van der Waals surface area contributed by atoms with Crippen molar-refractivity contribution in [3.63, 3.8) is 0 Å². The van der Waals surface area contributed by atoms with Gasteiger partial charge in [0, 0.05) is 23.3 Å². The Morgan fingerprint density at radius 3 is 2.92 bits per heavy atom. The number of carbonyl (C=O) groups excluding carboxylic acids is 1. The van der Waals surface area contributed by atoms with Crippen molar-refractivity contribution in [3.05, 3.63) is 59.0 Å². The molecule has 0 aliphatic heterocycles. The van der Waals surface area contributed by atoms with Gasteiger partial charge in [-0.15, -0.1) is 5.10 Å². The predicted octanol–water partition coefficient (Wildman–Crippen LogP) is 2.43. The molecule has 2 heterocycles. The first-order chi connectivity index (χ1) is 12.5. The highest BCUT2D eigenvalue weighted by atomic mass is 35.5. The van der Waals surface area contributed by atoms with Crippen LogP contribution in [0.1, 0.15) is 29.8 Å². The number of benzene rings is 1. The average molecular weight is 373 g/mol. The minimum Gasteiger partial charge on any atom is -0.475 e. The van der Waals surface area contributed by atoms with Crippen LogP contribution in [0.15, 0.2) is 42.9 Å². The van der Waals surface area contributed by atoms with Gasteiger partial charge in [-0.25, -0.2) is 4.98 Å². The minimum atomic E-state index is -0.308. The second-order valence-corrected chi connectivity index (χ2v) is 6.17. The van der Waals surface area contributed by atoms with E-state index in [0.717, 1.165) is 5.56 Å². The molecule has 134 valence electrons. The highest BCUT2D eigenvalue weighted by Crippen LogP contribution is 2.20. The number of ether oxygens (including phenoxy) is 1. The van der Waals surface area contributed by atoms with E-state index < -0.39 is 0 Å². The zero-order chi connectivity index (χ0) is 18.5. The van der Waals surface area contributed by atoms with Gasteiger partial charge in [0.1, 0.15) is 6.33 Å². The predicted molar refractivity (Wildman–Crippen MR) is 95.3 cm³/mol. The molecule has 3 rings (SSSR count). The Labute approximate surface area is 155 Å². The van der Waals surface area contributed by atoms with Gasteiger partial charge in [0.15, 0.2) is 0 Å². The van der Waals surface area contributed by atoms with Gasteiger partial charge in [-0.3, -0.25) is 4.79 Å². The summed E-state index contributed by atoms with van der Waals surface area (Å²) in [5.74, 6) is 0.187. The third-order valence-electron chi connectivity index (χ3n) is 3.44. The Bertz CT molecular complexity index is 898. The second kappa shape index (κ2) is 7.92. The molecule has 0 spiro atoms. The van der Waals surface area contributed by atoms with Crippen LogP contribution >= 0.6 is 11.6 Å². The van der Waals surface area contributed by atoms with E-state index in [1.165, 1.54) is 11.0 Å². The molecular formula is C17H17ClN6O2. The first-order valence-corrected chi connectivity index (χ1v) is 8.34. The Kier molecular flexibility index (Phi) is 5.43. The molecule has 0 aliphatic carbocycles. The highest BCUT2D eigenvalue weighted by molar-refractivity contribution is 6.31. The van der Waals surface area contributed by atoms with E-state index in [1.54, 1.807) is 30.5 Å². The van der Waals surface area contributed by atoms with E-state index >= 15 is 0 Å². The van der Waals surface area contributed by atoms with Crippen molar-refractivity contribution in [1.29, 1.82) is 0 Å². The van der Waals surface area contributed by atoms with E-state index in [9.17, 15) is 4.79 Å². The fourth-order valence-corrected chi connectivity index (χ4v) is 2.49. The van der Waals surface area contributed by atoms with Gasteiger partial charge < -0.3 is 10.1 Å². The van der Waals surface area contributed by atoms with Gasteiger partial charge in [-0.2, -0.15) is 4.68 Å². The molecule has 0 saturated carbocycles. The summed E-state index contributed by atoms with van der Waals surface area (Å²) < 4.78 is 7.08. The summed E-state index contributed by atoms with van der Waals surface area (Å²) in [6, 6.07) is 8.57. The maximum atomic E-state index is 12.7. The fraction of sp³-hybridized carbons (Fsp3) is 0.235. The van der Waals surface area contributed by atoms with Crippen LogP contribution in [0.3, 0.4) is 0 Å². The normalized spacial score (nSPS) is 10.8. The lowest BCUT2D eigenvalue weighted by molar-refractivity contribution is 0.0950. The Hall–Kier alpha value is -3.00. The van der Waals surface area contributed by atoms with Crippen LogP contribution in [-0.4, -0.2) is 37.2 Å². The summed E-state index contributed by atoms with van der Waals surface area (Å²) in [7, 11) is 0. The van der Waals surface area contributed by atoms with E-state index in [0.29, 0.717) is 22.2 Å². The van der Waals surface area contributed by atoms with Crippen LogP contribution in [-0.2, 0) is 6.54 Å². The molecule has 3 aromatic rings. The summed E-state index contributed by atoms with van der Waals surface area (Å²) in [5.41, 5.74) is 1.67. The van der Waals surface area contributed by atoms with Crippen LogP contribution in [0.2, 0.25) is 5.02 Å². The Balaban J connectivity index is 1.81.